The van der Waals surface area contributed by atoms with E-state index in [2.05, 4.69) is 0 Å². The first-order valence-corrected chi connectivity index (χ1v) is 10.7. The number of carbonyl (C=O) groups excluding carboxylic acids is 3. The molecule has 2 aromatic carbocycles. The number of hydrogen-bond donors (Lipinski definition) is 0. The summed E-state index contributed by atoms with van der Waals surface area (Å²) in [4.78, 5) is 39.2. The SMILES string of the molecule is Cc1cc2c(cc1Cl)C(=O)CC1(CCN(C(=O)CCC(=O)c3ccc(F)cc3)CC1)O2. The summed E-state index contributed by atoms with van der Waals surface area (Å²) in [6.07, 6.45) is 1.55. The number of rotatable bonds is 4. The topological polar surface area (TPSA) is 63.7 Å². The fourth-order valence-electron chi connectivity index (χ4n) is 4.22. The maximum Gasteiger partial charge on any atom is 0.223 e. The van der Waals surface area contributed by atoms with Crippen molar-refractivity contribution in [2.75, 3.05) is 13.1 Å². The normalized spacial score (nSPS) is 17.3. The number of carbonyl (C=O) groups is 3. The molecule has 2 aliphatic rings. The monoisotopic (exact) mass is 443 g/mol. The first kappa shape index (κ1) is 21.5. The highest BCUT2D eigenvalue weighted by Crippen LogP contribution is 2.41. The van der Waals surface area contributed by atoms with E-state index >= 15 is 0 Å². The fourth-order valence-corrected chi connectivity index (χ4v) is 4.38. The van der Waals surface area contributed by atoms with E-state index in [9.17, 15) is 18.8 Å². The molecule has 7 heteroatoms. The first-order valence-electron chi connectivity index (χ1n) is 10.4. The zero-order chi connectivity index (χ0) is 22.2. The lowest BCUT2D eigenvalue weighted by Gasteiger charge is -2.44. The van der Waals surface area contributed by atoms with Gasteiger partial charge in [0.1, 0.15) is 17.2 Å². The van der Waals surface area contributed by atoms with Gasteiger partial charge in [-0.3, -0.25) is 14.4 Å². The minimum Gasteiger partial charge on any atom is -0.486 e. The molecule has 0 radical (unpaired) electrons. The third kappa shape index (κ3) is 4.49. The number of aryl methyl sites for hydroxylation is 1. The fraction of sp³-hybridized carbons (Fsp3) is 0.375. The molecule has 0 atom stereocenters. The average Bonchev–Trinajstić information content (AvgIpc) is 2.74. The minimum absolute atomic E-state index is 0.00724. The highest BCUT2D eigenvalue weighted by atomic mass is 35.5. The summed E-state index contributed by atoms with van der Waals surface area (Å²) in [5.74, 6) is -0.126. The Morgan fingerprint density at radius 2 is 1.81 bits per heavy atom. The summed E-state index contributed by atoms with van der Waals surface area (Å²) in [6.45, 7) is 2.81. The van der Waals surface area contributed by atoms with Crippen LogP contribution in [0, 0.1) is 12.7 Å². The third-order valence-corrected chi connectivity index (χ3v) is 6.54. The Morgan fingerprint density at radius 3 is 2.48 bits per heavy atom. The van der Waals surface area contributed by atoms with Gasteiger partial charge in [-0.2, -0.15) is 0 Å². The number of piperidine rings is 1. The molecule has 0 N–H and O–H groups in total. The van der Waals surface area contributed by atoms with Crippen LogP contribution in [0.3, 0.4) is 0 Å². The Balaban J connectivity index is 1.34. The maximum atomic E-state index is 13.0. The van der Waals surface area contributed by atoms with Gasteiger partial charge in [0.2, 0.25) is 5.91 Å². The lowest BCUT2D eigenvalue weighted by Crippen LogP contribution is -2.52. The molecular formula is C24H23ClFNO4. The van der Waals surface area contributed by atoms with Gasteiger partial charge in [-0.1, -0.05) is 11.6 Å². The number of ketones is 2. The van der Waals surface area contributed by atoms with Crippen LogP contribution in [0.2, 0.25) is 5.02 Å². The zero-order valence-electron chi connectivity index (χ0n) is 17.2. The molecule has 31 heavy (non-hydrogen) atoms. The molecule has 2 heterocycles. The standard InChI is InChI=1S/C24H23ClFNO4/c1-15-12-22-18(13-19(15)25)21(29)14-24(31-22)8-10-27(11-9-24)23(30)7-6-20(28)16-2-4-17(26)5-3-16/h2-5,12-13H,6-11,14H2,1H3. The van der Waals surface area contributed by atoms with Gasteiger partial charge in [0, 0.05) is 49.4 Å². The molecule has 5 nitrogen and oxygen atoms in total. The van der Waals surface area contributed by atoms with Crippen LogP contribution in [0.25, 0.3) is 0 Å². The first-order chi connectivity index (χ1) is 14.8. The quantitative estimate of drug-likeness (QED) is 0.638. The second-order valence-corrected chi connectivity index (χ2v) is 8.70. The molecule has 0 aromatic heterocycles. The average molecular weight is 444 g/mol. The summed E-state index contributed by atoms with van der Waals surface area (Å²) in [7, 11) is 0. The van der Waals surface area contributed by atoms with Crippen LogP contribution in [-0.4, -0.2) is 41.1 Å². The summed E-state index contributed by atoms with van der Waals surface area (Å²) in [5.41, 5.74) is 1.16. The lowest BCUT2D eigenvalue weighted by atomic mass is 9.82. The molecule has 1 fully saturated rings. The molecule has 0 aliphatic carbocycles. The number of amides is 1. The molecule has 0 unspecified atom stereocenters. The van der Waals surface area contributed by atoms with Crippen LogP contribution in [0.5, 0.6) is 5.75 Å². The Hall–Kier alpha value is -2.73. The van der Waals surface area contributed by atoms with Crippen molar-refractivity contribution in [3.05, 3.63) is 63.9 Å². The number of likely N-dealkylation sites (tertiary alicyclic amines) is 1. The number of halogens is 2. The molecule has 0 bridgehead atoms. The zero-order valence-corrected chi connectivity index (χ0v) is 18.0. The van der Waals surface area contributed by atoms with Crippen molar-refractivity contribution < 1.29 is 23.5 Å². The summed E-state index contributed by atoms with van der Waals surface area (Å²) in [6, 6.07) is 8.79. The van der Waals surface area contributed by atoms with Crippen molar-refractivity contribution in [1.82, 2.24) is 4.90 Å². The summed E-state index contributed by atoms with van der Waals surface area (Å²) < 4.78 is 19.3. The minimum atomic E-state index is -0.606. The van der Waals surface area contributed by atoms with Gasteiger partial charge in [-0.05, 0) is 48.9 Å². The predicted molar refractivity (Wildman–Crippen MR) is 114 cm³/mol. The highest BCUT2D eigenvalue weighted by molar-refractivity contribution is 6.31. The van der Waals surface area contributed by atoms with Crippen molar-refractivity contribution in [1.29, 1.82) is 0 Å². The predicted octanol–water partition coefficient (Wildman–Crippen LogP) is 4.78. The van der Waals surface area contributed by atoms with Gasteiger partial charge < -0.3 is 9.64 Å². The molecule has 4 rings (SSSR count). The largest absolute Gasteiger partial charge is 0.486 e. The van der Waals surface area contributed by atoms with Crippen molar-refractivity contribution in [2.24, 2.45) is 0 Å². The second-order valence-electron chi connectivity index (χ2n) is 8.29. The maximum absolute atomic E-state index is 13.0. The van der Waals surface area contributed by atoms with Crippen LogP contribution < -0.4 is 4.74 Å². The molecule has 1 saturated heterocycles. The number of fused-ring (bicyclic) bond motifs is 1. The number of hydrogen-bond acceptors (Lipinski definition) is 4. The molecule has 1 amide bonds. The number of nitrogens with zero attached hydrogens (tertiary/aromatic N) is 1. The van der Waals surface area contributed by atoms with Crippen molar-refractivity contribution >= 4 is 29.1 Å². The van der Waals surface area contributed by atoms with Crippen LogP contribution in [0.15, 0.2) is 36.4 Å². The van der Waals surface area contributed by atoms with Gasteiger partial charge in [0.15, 0.2) is 11.6 Å². The van der Waals surface area contributed by atoms with Crippen molar-refractivity contribution in [3.8, 4) is 5.75 Å². The van der Waals surface area contributed by atoms with Crippen molar-refractivity contribution in [2.45, 2.75) is 44.6 Å². The number of Topliss-reactive ketones (excluding diaryl/α,β-unsaturated/α-hetero) is 2. The molecule has 1 spiro atoms. The molecule has 0 saturated carbocycles. The van der Waals surface area contributed by atoms with E-state index < -0.39 is 11.4 Å². The molecule has 2 aromatic rings. The van der Waals surface area contributed by atoms with E-state index in [0.29, 0.717) is 47.8 Å². The molecule has 2 aliphatic heterocycles. The highest BCUT2D eigenvalue weighted by Gasteiger charge is 2.43. The van der Waals surface area contributed by atoms with Crippen molar-refractivity contribution in [3.63, 3.8) is 0 Å². The van der Waals surface area contributed by atoms with E-state index in [0.717, 1.165) is 5.56 Å². The summed E-state index contributed by atoms with van der Waals surface area (Å²) in [5, 5.41) is 0.544. The third-order valence-electron chi connectivity index (χ3n) is 6.13. The van der Waals surface area contributed by atoms with Gasteiger partial charge in [-0.25, -0.2) is 4.39 Å². The Bertz CT molecular complexity index is 1040. The molecule has 162 valence electrons. The van der Waals surface area contributed by atoms with Crippen LogP contribution in [0.1, 0.15) is 58.4 Å². The van der Waals surface area contributed by atoms with E-state index in [4.69, 9.17) is 16.3 Å². The van der Waals surface area contributed by atoms with Gasteiger partial charge in [0.05, 0.1) is 12.0 Å². The number of ether oxygens (including phenoxy) is 1. The van der Waals surface area contributed by atoms with Crippen LogP contribution in [0.4, 0.5) is 4.39 Å². The van der Waals surface area contributed by atoms with Gasteiger partial charge >= 0.3 is 0 Å². The van der Waals surface area contributed by atoms with Gasteiger partial charge in [-0.15, -0.1) is 0 Å². The van der Waals surface area contributed by atoms with Crippen LogP contribution >= 0.6 is 11.6 Å². The number of benzene rings is 2. The van der Waals surface area contributed by atoms with Crippen LogP contribution in [-0.2, 0) is 4.79 Å². The smallest absolute Gasteiger partial charge is 0.223 e. The van der Waals surface area contributed by atoms with E-state index in [-0.39, 0.29) is 36.7 Å². The molecular weight excluding hydrogens is 421 g/mol. The van der Waals surface area contributed by atoms with Gasteiger partial charge in [0.25, 0.3) is 0 Å². The lowest BCUT2D eigenvalue weighted by molar-refractivity contribution is -0.134. The Labute approximate surface area is 185 Å². The Morgan fingerprint density at radius 1 is 1.13 bits per heavy atom. The van der Waals surface area contributed by atoms with E-state index in [1.54, 1.807) is 17.0 Å². The van der Waals surface area contributed by atoms with E-state index in [1.807, 2.05) is 6.92 Å². The Kier molecular flexibility index (Phi) is 5.84. The summed E-state index contributed by atoms with van der Waals surface area (Å²) >= 11 is 6.15. The second kappa shape index (κ2) is 8.42. The van der Waals surface area contributed by atoms with E-state index in [1.165, 1.54) is 24.3 Å².